The zero-order chi connectivity index (χ0) is 11.4. The van der Waals surface area contributed by atoms with Gasteiger partial charge in [-0.3, -0.25) is 4.79 Å². The highest BCUT2D eigenvalue weighted by Gasteiger charge is 1.95. The summed E-state index contributed by atoms with van der Waals surface area (Å²) in [6.07, 6.45) is 2.81. The molecule has 0 amide bonds. The molecule has 0 heterocycles. The van der Waals surface area contributed by atoms with Gasteiger partial charge in [-0.15, -0.1) is 0 Å². The van der Waals surface area contributed by atoms with Gasteiger partial charge in [0.15, 0.2) is 5.78 Å². The number of carbonyl (C=O) groups is 1. The zero-order valence-corrected chi connectivity index (χ0v) is 9.01. The maximum Gasteiger partial charge on any atom is 0.155 e. The molecule has 0 aliphatic carbocycles. The topological polar surface area (TPSA) is 26.3 Å². The van der Waals surface area contributed by atoms with Crippen molar-refractivity contribution < 1.29 is 9.53 Å². The highest BCUT2D eigenvalue weighted by molar-refractivity contribution is 5.87. The largest absolute Gasteiger partial charge is 0.465 e. The van der Waals surface area contributed by atoms with Crippen molar-refractivity contribution in [2.45, 2.75) is 6.92 Å². The number of fused-ring (bicyclic) bond motifs is 1. The molecule has 2 aromatic carbocycles. The Morgan fingerprint density at radius 3 is 2.62 bits per heavy atom. The van der Waals surface area contributed by atoms with Gasteiger partial charge >= 0.3 is 0 Å². The first-order chi connectivity index (χ1) is 7.75. The van der Waals surface area contributed by atoms with E-state index in [-0.39, 0.29) is 5.78 Å². The number of benzene rings is 2. The first-order valence-corrected chi connectivity index (χ1v) is 5.08. The lowest BCUT2D eigenvalue weighted by Crippen LogP contribution is -1.86. The number of ketones is 1. The molecule has 0 unspecified atom stereocenters. The second-order valence-corrected chi connectivity index (χ2v) is 3.54. The Kier molecular flexibility index (Phi) is 3.01. The predicted molar refractivity (Wildman–Crippen MR) is 64.4 cm³/mol. The van der Waals surface area contributed by atoms with Crippen LogP contribution in [0.25, 0.3) is 10.8 Å². The van der Waals surface area contributed by atoms with Crippen LogP contribution in [-0.2, 0) is 4.79 Å². The molecule has 2 aromatic rings. The number of hydrogen-bond acceptors (Lipinski definition) is 2. The van der Waals surface area contributed by atoms with Crippen molar-refractivity contribution in [2.24, 2.45) is 0 Å². The number of ether oxygens (including phenoxy) is 1. The van der Waals surface area contributed by atoms with Crippen LogP contribution in [0.2, 0.25) is 0 Å². The van der Waals surface area contributed by atoms with Crippen molar-refractivity contribution in [3.63, 3.8) is 0 Å². The summed E-state index contributed by atoms with van der Waals surface area (Å²) in [5.74, 6) is 0.706. The molecule has 0 fully saturated rings. The monoisotopic (exact) mass is 212 g/mol. The highest BCUT2D eigenvalue weighted by Crippen LogP contribution is 2.20. The smallest absolute Gasteiger partial charge is 0.155 e. The van der Waals surface area contributed by atoms with E-state index in [1.165, 1.54) is 24.6 Å². The number of allylic oxidation sites excluding steroid dienone is 1. The van der Waals surface area contributed by atoms with Gasteiger partial charge in [-0.1, -0.05) is 30.3 Å². The molecule has 0 aliphatic heterocycles. The SMILES string of the molecule is CC(=O)C=COc1ccc2ccccc2c1. The van der Waals surface area contributed by atoms with Crippen molar-refractivity contribution in [1.29, 1.82) is 0 Å². The summed E-state index contributed by atoms with van der Waals surface area (Å²) in [6, 6.07) is 13.9. The molecular weight excluding hydrogens is 200 g/mol. The molecule has 0 aromatic heterocycles. The third kappa shape index (κ3) is 2.48. The van der Waals surface area contributed by atoms with Gasteiger partial charge < -0.3 is 4.74 Å². The standard InChI is InChI=1S/C14H12O2/c1-11(15)8-9-16-14-7-6-12-4-2-3-5-13(12)10-14/h2-10H,1H3. The van der Waals surface area contributed by atoms with Gasteiger partial charge in [0.05, 0.1) is 6.26 Å². The van der Waals surface area contributed by atoms with Gasteiger partial charge in [0.2, 0.25) is 0 Å². The summed E-state index contributed by atoms with van der Waals surface area (Å²) in [5.41, 5.74) is 0. The molecule has 0 saturated heterocycles. The molecule has 0 atom stereocenters. The maximum absolute atomic E-state index is 10.7. The molecule has 0 saturated carbocycles. The van der Waals surface area contributed by atoms with Crippen molar-refractivity contribution in [1.82, 2.24) is 0 Å². The lowest BCUT2D eigenvalue weighted by molar-refractivity contribution is -0.112. The normalized spacial score (nSPS) is 10.8. The second-order valence-electron chi connectivity index (χ2n) is 3.54. The molecule has 0 aliphatic rings. The van der Waals surface area contributed by atoms with E-state index in [2.05, 4.69) is 0 Å². The van der Waals surface area contributed by atoms with E-state index < -0.39 is 0 Å². The van der Waals surface area contributed by atoms with Crippen LogP contribution in [0.4, 0.5) is 0 Å². The lowest BCUT2D eigenvalue weighted by atomic mass is 10.1. The van der Waals surface area contributed by atoms with Crippen LogP contribution in [0.1, 0.15) is 6.92 Å². The van der Waals surface area contributed by atoms with E-state index in [0.29, 0.717) is 0 Å². The third-order valence-electron chi connectivity index (χ3n) is 2.23. The van der Waals surface area contributed by atoms with Crippen LogP contribution in [0.3, 0.4) is 0 Å². The fourth-order valence-corrected chi connectivity index (χ4v) is 1.45. The van der Waals surface area contributed by atoms with Crippen molar-refractivity contribution in [3.05, 3.63) is 54.8 Å². The number of carbonyl (C=O) groups excluding carboxylic acids is 1. The van der Waals surface area contributed by atoms with E-state index in [4.69, 9.17) is 4.74 Å². The average molecular weight is 212 g/mol. The molecule has 0 spiro atoms. The molecule has 0 radical (unpaired) electrons. The Bertz CT molecular complexity index is 541. The summed E-state index contributed by atoms with van der Waals surface area (Å²) in [5, 5.41) is 2.29. The lowest BCUT2D eigenvalue weighted by Gasteiger charge is -2.02. The Balaban J connectivity index is 2.23. The summed E-state index contributed by atoms with van der Waals surface area (Å²) in [4.78, 5) is 10.7. The van der Waals surface area contributed by atoms with Gasteiger partial charge in [0.1, 0.15) is 5.75 Å². The van der Waals surface area contributed by atoms with Crippen LogP contribution in [0.15, 0.2) is 54.8 Å². The molecular formula is C14H12O2. The van der Waals surface area contributed by atoms with Gasteiger partial charge in [-0.25, -0.2) is 0 Å². The minimum Gasteiger partial charge on any atom is -0.465 e. The van der Waals surface area contributed by atoms with Crippen LogP contribution in [0, 0.1) is 0 Å². The minimum atomic E-state index is -0.0270. The first-order valence-electron chi connectivity index (χ1n) is 5.08. The minimum absolute atomic E-state index is 0.0270. The molecule has 0 bridgehead atoms. The fraction of sp³-hybridized carbons (Fsp3) is 0.0714. The van der Waals surface area contributed by atoms with Crippen LogP contribution in [0.5, 0.6) is 5.75 Å². The van der Waals surface area contributed by atoms with E-state index >= 15 is 0 Å². The number of rotatable bonds is 3. The molecule has 16 heavy (non-hydrogen) atoms. The molecule has 2 nitrogen and oxygen atoms in total. The van der Waals surface area contributed by atoms with Crippen molar-refractivity contribution in [3.8, 4) is 5.75 Å². The molecule has 80 valence electrons. The van der Waals surface area contributed by atoms with Crippen LogP contribution in [-0.4, -0.2) is 5.78 Å². The highest BCUT2D eigenvalue weighted by atomic mass is 16.5. The Morgan fingerprint density at radius 1 is 1.12 bits per heavy atom. The van der Waals surface area contributed by atoms with E-state index in [1.807, 2.05) is 42.5 Å². The van der Waals surface area contributed by atoms with Crippen LogP contribution < -0.4 is 4.74 Å². The van der Waals surface area contributed by atoms with E-state index in [1.54, 1.807) is 0 Å². The Hall–Kier alpha value is -2.09. The summed E-state index contributed by atoms with van der Waals surface area (Å²) in [6.45, 7) is 1.49. The molecule has 2 rings (SSSR count). The summed E-state index contributed by atoms with van der Waals surface area (Å²) < 4.78 is 5.32. The van der Waals surface area contributed by atoms with Gasteiger partial charge in [-0.2, -0.15) is 0 Å². The fourth-order valence-electron chi connectivity index (χ4n) is 1.45. The van der Waals surface area contributed by atoms with Gasteiger partial charge in [-0.05, 0) is 29.8 Å². The summed E-state index contributed by atoms with van der Waals surface area (Å²) >= 11 is 0. The quantitative estimate of drug-likeness (QED) is 0.576. The summed E-state index contributed by atoms with van der Waals surface area (Å²) in [7, 11) is 0. The van der Waals surface area contributed by atoms with Crippen LogP contribution >= 0.6 is 0 Å². The molecule has 2 heteroatoms. The zero-order valence-electron chi connectivity index (χ0n) is 9.01. The first kappa shape index (κ1) is 10.4. The van der Waals surface area contributed by atoms with Gasteiger partial charge in [0.25, 0.3) is 0 Å². The van der Waals surface area contributed by atoms with Crippen molar-refractivity contribution >= 4 is 16.6 Å². The Labute approximate surface area is 94.2 Å². The number of hydrogen-bond donors (Lipinski definition) is 0. The average Bonchev–Trinajstić information content (AvgIpc) is 2.28. The second kappa shape index (κ2) is 4.62. The van der Waals surface area contributed by atoms with E-state index in [0.717, 1.165) is 11.1 Å². The Morgan fingerprint density at radius 2 is 1.88 bits per heavy atom. The van der Waals surface area contributed by atoms with E-state index in [9.17, 15) is 4.79 Å². The maximum atomic E-state index is 10.7. The third-order valence-corrected chi connectivity index (χ3v) is 2.23. The van der Waals surface area contributed by atoms with Crippen molar-refractivity contribution in [2.75, 3.05) is 0 Å². The molecule has 0 N–H and O–H groups in total. The van der Waals surface area contributed by atoms with Gasteiger partial charge in [0, 0.05) is 6.08 Å². The predicted octanol–water partition coefficient (Wildman–Crippen LogP) is 3.32.